The Hall–Kier alpha value is -1.44. The third kappa shape index (κ3) is 2.38. The van der Waals surface area contributed by atoms with Crippen molar-refractivity contribution in [3.63, 3.8) is 0 Å². The lowest BCUT2D eigenvalue weighted by atomic mass is 9.94. The van der Waals surface area contributed by atoms with Gasteiger partial charge in [0.1, 0.15) is 5.92 Å². The second-order valence-corrected chi connectivity index (χ2v) is 5.69. The molecule has 0 aliphatic heterocycles. The van der Waals surface area contributed by atoms with E-state index in [2.05, 4.69) is 22.0 Å². The number of Topliss-reactive ketones (excluding diaryl/α,β-unsaturated/α-hetero) is 1. The number of nitriles is 1. The molecule has 0 amide bonds. The molecule has 2 nitrogen and oxygen atoms in total. The van der Waals surface area contributed by atoms with Crippen LogP contribution >= 0.6 is 27.3 Å². The molecule has 2 rings (SSSR count). The van der Waals surface area contributed by atoms with Gasteiger partial charge in [-0.05, 0) is 30.0 Å². The number of rotatable bonds is 3. The highest BCUT2D eigenvalue weighted by Crippen LogP contribution is 2.28. The van der Waals surface area contributed by atoms with Crippen LogP contribution in [0.1, 0.15) is 26.7 Å². The van der Waals surface area contributed by atoms with E-state index in [1.165, 1.54) is 11.3 Å². The SMILES string of the molecule is Cc1c(Br)cccc1C(=O)C(C#N)c1cccs1. The Morgan fingerprint density at radius 3 is 2.78 bits per heavy atom. The lowest BCUT2D eigenvalue weighted by Crippen LogP contribution is -2.11. The fraction of sp³-hybridized carbons (Fsp3) is 0.143. The van der Waals surface area contributed by atoms with E-state index in [1.807, 2.05) is 36.6 Å². The van der Waals surface area contributed by atoms with E-state index in [1.54, 1.807) is 6.07 Å². The van der Waals surface area contributed by atoms with Gasteiger partial charge in [-0.1, -0.05) is 34.1 Å². The fourth-order valence-electron chi connectivity index (χ4n) is 1.74. The molecule has 0 N–H and O–H groups in total. The van der Waals surface area contributed by atoms with Gasteiger partial charge < -0.3 is 0 Å². The Kier molecular flexibility index (Phi) is 3.95. The molecule has 4 heteroatoms. The molecule has 2 aromatic rings. The lowest BCUT2D eigenvalue weighted by molar-refractivity contribution is 0.0979. The van der Waals surface area contributed by atoms with E-state index in [0.717, 1.165) is 14.9 Å². The number of nitrogens with zero attached hydrogens (tertiary/aromatic N) is 1. The van der Waals surface area contributed by atoms with Crippen LogP contribution in [0.5, 0.6) is 0 Å². The van der Waals surface area contributed by atoms with Crippen LogP contribution in [0.25, 0.3) is 0 Å². The summed E-state index contributed by atoms with van der Waals surface area (Å²) in [5, 5.41) is 11.1. The van der Waals surface area contributed by atoms with Crippen LogP contribution in [-0.2, 0) is 0 Å². The van der Waals surface area contributed by atoms with E-state index in [-0.39, 0.29) is 5.78 Å². The number of carbonyl (C=O) groups excluding carboxylic acids is 1. The molecule has 0 fully saturated rings. The Labute approximate surface area is 118 Å². The number of hydrogen-bond acceptors (Lipinski definition) is 3. The van der Waals surface area contributed by atoms with Crippen molar-refractivity contribution in [3.05, 3.63) is 56.2 Å². The molecular formula is C14H10BrNOS. The number of thiophene rings is 1. The van der Waals surface area contributed by atoms with Crippen LogP contribution in [0.4, 0.5) is 0 Å². The Bertz CT molecular complexity index is 613. The van der Waals surface area contributed by atoms with Crippen LogP contribution in [0.3, 0.4) is 0 Å². The summed E-state index contributed by atoms with van der Waals surface area (Å²) in [5.74, 6) is -0.850. The average Bonchev–Trinajstić information content (AvgIpc) is 2.87. The number of halogens is 1. The number of benzene rings is 1. The van der Waals surface area contributed by atoms with E-state index in [0.29, 0.717) is 5.56 Å². The highest BCUT2D eigenvalue weighted by molar-refractivity contribution is 9.10. The van der Waals surface area contributed by atoms with Gasteiger partial charge in [0.2, 0.25) is 0 Å². The molecule has 1 aromatic carbocycles. The first-order valence-corrected chi connectivity index (χ1v) is 7.04. The topological polar surface area (TPSA) is 40.9 Å². The molecule has 0 spiro atoms. The third-order valence-corrected chi connectivity index (χ3v) is 4.55. The van der Waals surface area contributed by atoms with Gasteiger partial charge in [-0.3, -0.25) is 4.79 Å². The van der Waals surface area contributed by atoms with Crippen molar-refractivity contribution in [2.24, 2.45) is 0 Å². The highest BCUT2D eigenvalue weighted by atomic mass is 79.9. The highest BCUT2D eigenvalue weighted by Gasteiger charge is 2.24. The zero-order valence-electron chi connectivity index (χ0n) is 9.68. The standard InChI is InChI=1S/C14H10BrNOS/c1-9-10(4-2-5-12(9)15)14(17)11(8-16)13-6-3-7-18-13/h2-7,11H,1H3. The quantitative estimate of drug-likeness (QED) is 0.791. The van der Waals surface area contributed by atoms with Crippen LogP contribution in [-0.4, -0.2) is 5.78 Å². The molecule has 90 valence electrons. The van der Waals surface area contributed by atoms with Gasteiger partial charge in [-0.25, -0.2) is 0 Å². The molecule has 0 aliphatic carbocycles. The summed E-state index contributed by atoms with van der Waals surface area (Å²) in [6.07, 6.45) is 0. The molecule has 0 bridgehead atoms. The van der Waals surface area contributed by atoms with Gasteiger partial charge in [-0.15, -0.1) is 11.3 Å². The summed E-state index contributed by atoms with van der Waals surface area (Å²) in [6, 6.07) is 11.2. The molecule has 0 aliphatic rings. The molecular weight excluding hydrogens is 310 g/mol. The summed E-state index contributed by atoms with van der Waals surface area (Å²) in [4.78, 5) is 13.2. The van der Waals surface area contributed by atoms with Crippen molar-refractivity contribution in [2.45, 2.75) is 12.8 Å². The Morgan fingerprint density at radius 1 is 1.39 bits per heavy atom. The van der Waals surface area contributed by atoms with Gasteiger partial charge in [0.15, 0.2) is 5.78 Å². The average molecular weight is 320 g/mol. The van der Waals surface area contributed by atoms with E-state index in [9.17, 15) is 10.1 Å². The van der Waals surface area contributed by atoms with Gasteiger partial charge in [0.25, 0.3) is 0 Å². The van der Waals surface area contributed by atoms with Crippen molar-refractivity contribution in [2.75, 3.05) is 0 Å². The normalized spacial score (nSPS) is 11.8. The predicted octanol–water partition coefficient (Wildman–Crippen LogP) is 4.31. The summed E-state index contributed by atoms with van der Waals surface area (Å²) in [7, 11) is 0. The maximum atomic E-state index is 12.4. The van der Waals surface area contributed by atoms with Crippen LogP contribution in [0, 0.1) is 18.3 Å². The first-order valence-electron chi connectivity index (χ1n) is 5.37. The van der Waals surface area contributed by atoms with Crippen LogP contribution in [0.15, 0.2) is 40.2 Å². The summed E-state index contributed by atoms with van der Waals surface area (Å²) < 4.78 is 0.885. The molecule has 0 saturated carbocycles. The summed E-state index contributed by atoms with van der Waals surface area (Å²) in [6.45, 7) is 1.88. The van der Waals surface area contributed by atoms with Gasteiger partial charge in [0.05, 0.1) is 6.07 Å². The minimum Gasteiger partial charge on any atom is -0.292 e. The largest absolute Gasteiger partial charge is 0.292 e. The predicted molar refractivity (Wildman–Crippen MR) is 75.9 cm³/mol. The molecule has 0 radical (unpaired) electrons. The van der Waals surface area contributed by atoms with Crippen molar-refractivity contribution in [3.8, 4) is 6.07 Å². The minimum atomic E-state index is -0.710. The molecule has 1 unspecified atom stereocenters. The second kappa shape index (κ2) is 5.47. The zero-order valence-corrected chi connectivity index (χ0v) is 12.1. The molecule has 18 heavy (non-hydrogen) atoms. The minimum absolute atomic E-state index is 0.140. The molecule has 1 aromatic heterocycles. The van der Waals surface area contributed by atoms with Gasteiger partial charge in [0, 0.05) is 14.9 Å². The second-order valence-electron chi connectivity index (χ2n) is 3.85. The fourth-order valence-corrected chi connectivity index (χ4v) is 2.87. The lowest BCUT2D eigenvalue weighted by Gasteiger charge is -2.09. The maximum Gasteiger partial charge on any atom is 0.185 e. The van der Waals surface area contributed by atoms with Crippen molar-refractivity contribution < 1.29 is 4.79 Å². The smallest absolute Gasteiger partial charge is 0.185 e. The third-order valence-electron chi connectivity index (χ3n) is 2.75. The van der Waals surface area contributed by atoms with Crippen LogP contribution < -0.4 is 0 Å². The van der Waals surface area contributed by atoms with E-state index in [4.69, 9.17) is 0 Å². The van der Waals surface area contributed by atoms with Crippen molar-refractivity contribution in [1.29, 1.82) is 5.26 Å². The summed E-state index contributed by atoms with van der Waals surface area (Å²) in [5.41, 5.74) is 1.48. The maximum absolute atomic E-state index is 12.4. The monoisotopic (exact) mass is 319 g/mol. The summed E-state index contributed by atoms with van der Waals surface area (Å²) >= 11 is 4.84. The van der Waals surface area contributed by atoms with Gasteiger partial charge >= 0.3 is 0 Å². The molecule has 0 saturated heterocycles. The Morgan fingerprint density at radius 2 is 2.17 bits per heavy atom. The zero-order chi connectivity index (χ0) is 13.1. The van der Waals surface area contributed by atoms with Gasteiger partial charge in [-0.2, -0.15) is 5.26 Å². The first-order chi connectivity index (χ1) is 8.65. The van der Waals surface area contributed by atoms with Crippen molar-refractivity contribution >= 4 is 33.0 Å². The van der Waals surface area contributed by atoms with E-state index >= 15 is 0 Å². The molecule has 1 atom stereocenters. The number of carbonyl (C=O) groups is 1. The van der Waals surface area contributed by atoms with E-state index < -0.39 is 5.92 Å². The first kappa shape index (κ1) is 13.0. The Balaban J connectivity index is 2.42. The molecule has 1 heterocycles. The number of ketones is 1. The van der Waals surface area contributed by atoms with Crippen molar-refractivity contribution in [1.82, 2.24) is 0 Å². The number of hydrogen-bond donors (Lipinski definition) is 0. The van der Waals surface area contributed by atoms with Crippen LogP contribution in [0.2, 0.25) is 0 Å².